The Labute approximate surface area is 199 Å². The zero-order chi connectivity index (χ0) is 22.7. The Morgan fingerprint density at radius 1 is 1.25 bits per heavy atom. The molecule has 0 N–H and O–H groups in total. The van der Waals surface area contributed by atoms with Gasteiger partial charge in [-0.3, -0.25) is 9.69 Å². The van der Waals surface area contributed by atoms with E-state index in [1.165, 1.54) is 24.9 Å². The molecule has 0 spiro atoms. The number of halogens is 2. The minimum atomic E-state index is -0.372. The molecule has 0 saturated carbocycles. The molecule has 2 aromatic carbocycles. The van der Waals surface area contributed by atoms with E-state index in [1.54, 1.807) is 53.6 Å². The molecule has 1 aliphatic heterocycles. The minimum Gasteiger partial charge on any atom is -0.493 e. The molecule has 4 rings (SSSR count). The van der Waals surface area contributed by atoms with Crippen molar-refractivity contribution < 1.29 is 23.1 Å². The van der Waals surface area contributed by atoms with Crippen molar-refractivity contribution in [3.05, 3.63) is 82.5 Å². The first-order valence-corrected chi connectivity index (χ1v) is 11.4. The van der Waals surface area contributed by atoms with Crippen molar-refractivity contribution in [1.29, 1.82) is 0 Å². The predicted molar refractivity (Wildman–Crippen MR) is 126 cm³/mol. The molecule has 1 aromatic heterocycles. The fourth-order valence-corrected chi connectivity index (χ4v) is 5.16. The van der Waals surface area contributed by atoms with Crippen LogP contribution in [0.4, 0.5) is 4.39 Å². The highest BCUT2D eigenvalue weighted by Crippen LogP contribution is 2.39. The van der Waals surface area contributed by atoms with Crippen LogP contribution in [0.2, 0.25) is 5.02 Å². The third kappa shape index (κ3) is 4.92. The molecule has 9 heteroatoms. The second kappa shape index (κ2) is 9.94. The van der Waals surface area contributed by atoms with Crippen LogP contribution in [0.15, 0.2) is 59.2 Å². The van der Waals surface area contributed by atoms with Crippen molar-refractivity contribution in [2.75, 3.05) is 7.11 Å². The number of carbonyl (C=O) groups excluding carboxylic acids is 1. The summed E-state index contributed by atoms with van der Waals surface area (Å²) in [5, 5.41) is -0.0513. The molecule has 0 bridgehead atoms. The summed E-state index contributed by atoms with van der Waals surface area (Å²) < 4.78 is 30.9. The first-order valence-electron chi connectivity index (χ1n) is 9.73. The van der Waals surface area contributed by atoms with Crippen molar-refractivity contribution in [2.45, 2.75) is 24.8 Å². The second-order valence-electron chi connectivity index (χ2n) is 7.07. The van der Waals surface area contributed by atoms with Crippen LogP contribution in [0, 0.1) is 5.82 Å². The first kappa shape index (κ1) is 22.6. The van der Waals surface area contributed by atoms with Gasteiger partial charge in [0.2, 0.25) is 5.91 Å². The van der Waals surface area contributed by atoms with Gasteiger partial charge in [0.05, 0.1) is 30.2 Å². The quantitative estimate of drug-likeness (QED) is 0.380. The molecule has 1 fully saturated rings. The van der Waals surface area contributed by atoms with E-state index >= 15 is 0 Å². The van der Waals surface area contributed by atoms with Gasteiger partial charge < -0.3 is 13.9 Å². The highest BCUT2D eigenvalue weighted by atomic mass is 35.5. The fourth-order valence-electron chi connectivity index (χ4n) is 3.34. The molecule has 3 aromatic rings. The summed E-state index contributed by atoms with van der Waals surface area (Å²) in [5.41, 5.74) is 1.21. The van der Waals surface area contributed by atoms with Gasteiger partial charge in [0, 0.05) is 5.56 Å². The van der Waals surface area contributed by atoms with E-state index in [0.717, 1.165) is 5.56 Å². The minimum absolute atomic E-state index is 0.00900. The Kier molecular flexibility index (Phi) is 7.03. The van der Waals surface area contributed by atoms with Gasteiger partial charge in [-0.15, -0.1) is 0 Å². The number of thioether (sulfide) groups is 1. The van der Waals surface area contributed by atoms with E-state index in [9.17, 15) is 9.18 Å². The van der Waals surface area contributed by atoms with Gasteiger partial charge in [-0.25, -0.2) is 4.39 Å². The third-order valence-corrected chi connectivity index (χ3v) is 6.80. The maximum atomic E-state index is 13.9. The van der Waals surface area contributed by atoms with Crippen molar-refractivity contribution in [1.82, 2.24) is 4.90 Å². The monoisotopic (exact) mass is 491 g/mol. The second-order valence-corrected chi connectivity index (χ2v) is 9.31. The topological polar surface area (TPSA) is 51.9 Å². The number of ether oxygens (including phenoxy) is 2. The standard InChI is InChI=1S/C23H19ClFNO4S2/c1-28-19-10-14(9-17(24)21(19)30-13-15-5-2-3-7-18(15)25)11-20-22(27)26(23(31)32-20)12-16-6-4-8-29-16/h2-10,20H,11-13H2,1H3/t20-/m0/s1. The summed E-state index contributed by atoms with van der Waals surface area (Å²) in [5.74, 6) is 0.969. The SMILES string of the molecule is COc1cc(C[C@@H]2SC(=S)N(Cc3ccco3)C2=O)cc(Cl)c1OCc1ccccc1F. The lowest BCUT2D eigenvalue weighted by Crippen LogP contribution is -2.31. The highest BCUT2D eigenvalue weighted by molar-refractivity contribution is 8.24. The summed E-state index contributed by atoms with van der Waals surface area (Å²) >= 11 is 13.2. The Morgan fingerprint density at radius 2 is 2.06 bits per heavy atom. The van der Waals surface area contributed by atoms with Gasteiger partial charge in [0.1, 0.15) is 22.5 Å². The highest BCUT2D eigenvalue weighted by Gasteiger charge is 2.37. The van der Waals surface area contributed by atoms with E-state index in [0.29, 0.717) is 45.1 Å². The molecule has 166 valence electrons. The summed E-state index contributed by atoms with van der Waals surface area (Å²) in [4.78, 5) is 14.4. The maximum absolute atomic E-state index is 13.9. The van der Waals surface area contributed by atoms with Crippen LogP contribution in [0.25, 0.3) is 0 Å². The van der Waals surface area contributed by atoms with Gasteiger partial charge in [-0.05, 0) is 42.3 Å². The molecule has 0 aliphatic carbocycles. The average Bonchev–Trinajstić information content (AvgIpc) is 3.38. The molecule has 5 nitrogen and oxygen atoms in total. The van der Waals surface area contributed by atoms with Crippen LogP contribution in [-0.4, -0.2) is 27.5 Å². The smallest absolute Gasteiger partial charge is 0.242 e. The Bertz CT molecular complexity index is 1140. The van der Waals surface area contributed by atoms with Crippen molar-refractivity contribution >= 4 is 45.8 Å². The summed E-state index contributed by atoms with van der Waals surface area (Å²) in [6.45, 7) is 0.316. The first-order chi connectivity index (χ1) is 15.5. The molecule has 2 heterocycles. The number of amides is 1. The number of furan rings is 1. The number of methoxy groups -OCH3 is 1. The van der Waals surface area contributed by atoms with Crippen molar-refractivity contribution in [3.63, 3.8) is 0 Å². The molecular formula is C23H19ClFNO4S2. The van der Waals surface area contributed by atoms with Crippen LogP contribution >= 0.6 is 35.6 Å². The average molecular weight is 492 g/mol. The van der Waals surface area contributed by atoms with Gasteiger partial charge >= 0.3 is 0 Å². The van der Waals surface area contributed by atoms with Crippen LogP contribution in [-0.2, 0) is 24.4 Å². The Hall–Kier alpha value is -2.55. The molecule has 0 unspecified atom stereocenters. The van der Waals surface area contributed by atoms with E-state index in [1.807, 2.05) is 0 Å². The van der Waals surface area contributed by atoms with Crippen LogP contribution in [0.3, 0.4) is 0 Å². The lowest BCUT2D eigenvalue weighted by atomic mass is 10.1. The number of benzene rings is 2. The number of hydrogen-bond acceptors (Lipinski definition) is 6. The summed E-state index contributed by atoms with van der Waals surface area (Å²) in [7, 11) is 1.50. The zero-order valence-electron chi connectivity index (χ0n) is 17.0. The number of thiocarbonyl (C=S) groups is 1. The Morgan fingerprint density at radius 3 is 2.78 bits per heavy atom. The predicted octanol–water partition coefficient (Wildman–Crippen LogP) is 5.63. The van der Waals surface area contributed by atoms with Crippen LogP contribution in [0.5, 0.6) is 11.5 Å². The van der Waals surface area contributed by atoms with Gasteiger partial charge in [0.15, 0.2) is 11.5 Å². The van der Waals surface area contributed by atoms with Gasteiger partial charge in [-0.2, -0.15) is 0 Å². The number of nitrogens with zero attached hydrogens (tertiary/aromatic N) is 1. The molecule has 1 amide bonds. The van der Waals surface area contributed by atoms with Crippen molar-refractivity contribution in [2.24, 2.45) is 0 Å². The lowest BCUT2D eigenvalue weighted by molar-refractivity contribution is -0.126. The summed E-state index contributed by atoms with van der Waals surface area (Å²) in [6, 6.07) is 13.4. The van der Waals surface area contributed by atoms with Crippen LogP contribution in [0.1, 0.15) is 16.9 Å². The van der Waals surface area contributed by atoms with E-state index in [4.69, 9.17) is 37.7 Å². The zero-order valence-corrected chi connectivity index (χ0v) is 19.4. The number of carbonyl (C=O) groups is 1. The van der Waals surface area contributed by atoms with E-state index in [-0.39, 0.29) is 23.6 Å². The molecular weight excluding hydrogens is 473 g/mol. The number of hydrogen-bond donors (Lipinski definition) is 0. The molecule has 1 aliphatic rings. The third-order valence-electron chi connectivity index (χ3n) is 4.94. The number of rotatable bonds is 8. The normalized spacial score (nSPS) is 16.0. The van der Waals surface area contributed by atoms with E-state index in [2.05, 4.69) is 0 Å². The largest absolute Gasteiger partial charge is 0.493 e. The maximum Gasteiger partial charge on any atom is 0.242 e. The summed E-state index contributed by atoms with van der Waals surface area (Å²) in [6.07, 6.45) is 1.98. The van der Waals surface area contributed by atoms with Crippen molar-refractivity contribution in [3.8, 4) is 11.5 Å². The molecule has 32 heavy (non-hydrogen) atoms. The Balaban J connectivity index is 1.47. The molecule has 1 atom stereocenters. The van der Waals surface area contributed by atoms with Crippen LogP contribution < -0.4 is 9.47 Å². The molecule has 1 saturated heterocycles. The lowest BCUT2D eigenvalue weighted by Gasteiger charge is -2.16. The van der Waals surface area contributed by atoms with E-state index < -0.39 is 0 Å². The van der Waals surface area contributed by atoms with Gasteiger partial charge in [-0.1, -0.05) is 53.8 Å². The van der Waals surface area contributed by atoms with Gasteiger partial charge in [0.25, 0.3) is 0 Å². The molecule has 0 radical (unpaired) electrons. The fraction of sp³-hybridized carbons (Fsp3) is 0.217.